The van der Waals surface area contributed by atoms with E-state index in [2.05, 4.69) is 54.3 Å². The van der Waals surface area contributed by atoms with Gasteiger partial charge >= 0.3 is 0 Å². The Morgan fingerprint density at radius 3 is 2.37 bits per heavy atom. The Bertz CT molecular complexity index is 1060. The molecule has 0 amide bonds. The van der Waals surface area contributed by atoms with Gasteiger partial charge in [-0.2, -0.15) is 0 Å². The van der Waals surface area contributed by atoms with Crippen molar-refractivity contribution in [2.75, 3.05) is 0 Å². The van der Waals surface area contributed by atoms with Crippen LogP contribution in [0.2, 0.25) is 0 Å². The first kappa shape index (κ1) is 24.4. The Hall–Kier alpha value is -2.33. The van der Waals surface area contributed by atoms with Crippen molar-refractivity contribution in [1.29, 1.82) is 0 Å². The van der Waals surface area contributed by atoms with Gasteiger partial charge in [0.1, 0.15) is 0 Å². The van der Waals surface area contributed by atoms with Crippen LogP contribution in [-0.4, -0.2) is 5.78 Å². The molecule has 1 fully saturated rings. The molecule has 3 unspecified atom stereocenters. The molecular weight excluding hydrogens is 424 g/mol. The zero-order chi connectivity index (χ0) is 23.9. The highest BCUT2D eigenvalue weighted by atomic mass is 16.1. The molecule has 1 heteroatoms. The van der Waals surface area contributed by atoms with Gasteiger partial charge in [0, 0.05) is 30.4 Å². The zero-order valence-corrected chi connectivity index (χ0v) is 21.5. The molecule has 1 aromatic carbocycles. The number of rotatable bonds is 0. The topological polar surface area (TPSA) is 17.1 Å². The maximum atomic E-state index is 12.6. The number of fused-ring (bicyclic) bond motifs is 2. The van der Waals surface area contributed by atoms with Crippen LogP contribution in [0, 0.1) is 29.6 Å². The highest BCUT2D eigenvalue weighted by molar-refractivity contribution is 5.98. The van der Waals surface area contributed by atoms with Crippen LogP contribution in [0.25, 0.3) is 6.08 Å². The lowest BCUT2D eigenvalue weighted by molar-refractivity contribution is -0.115. The lowest BCUT2D eigenvalue weighted by atomic mass is 9.73. The molecule has 0 aliphatic heterocycles. The van der Waals surface area contributed by atoms with Crippen LogP contribution in [0.1, 0.15) is 107 Å². The number of ketones is 1. The van der Waals surface area contributed by atoms with Crippen molar-refractivity contribution in [3.05, 3.63) is 64.3 Å². The normalized spacial score (nSPS) is 27.9. The highest BCUT2D eigenvalue weighted by Gasteiger charge is 2.26. The van der Waals surface area contributed by atoms with E-state index in [1.807, 2.05) is 0 Å². The van der Waals surface area contributed by atoms with Crippen molar-refractivity contribution in [3.63, 3.8) is 0 Å². The van der Waals surface area contributed by atoms with E-state index in [9.17, 15) is 4.79 Å². The molecule has 1 aromatic rings. The van der Waals surface area contributed by atoms with E-state index in [-0.39, 0.29) is 5.78 Å². The average Bonchev–Trinajstić information content (AvgIpc) is 3.51. The molecule has 0 N–H and O–H groups in total. The number of benzene rings is 1. The summed E-state index contributed by atoms with van der Waals surface area (Å²) >= 11 is 0. The maximum Gasteiger partial charge on any atom is 0.163 e. The number of carbonyl (C=O) groups is 1. The standard InChI is InChI=1S/C34H42O/c35-34-19-10-7-13-27-23-30-17-11-18-31(33(30)24-27)25-29-16-9-8-15-28(29)14-6-4-2-1-3-5-12-26-20-21-32(34)22-26/h11,17-18,20-22,24,26,28-29H,1-6,8-10,12,14-16,19,23,25H2. The van der Waals surface area contributed by atoms with Crippen molar-refractivity contribution in [2.45, 2.75) is 103 Å². The summed E-state index contributed by atoms with van der Waals surface area (Å²) in [6, 6.07) is 6.91. The Morgan fingerprint density at radius 1 is 0.800 bits per heavy atom. The summed E-state index contributed by atoms with van der Waals surface area (Å²) in [4.78, 5) is 12.6. The van der Waals surface area contributed by atoms with Crippen LogP contribution in [-0.2, 0) is 17.6 Å². The van der Waals surface area contributed by atoms with E-state index >= 15 is 0 Å². The molecule has 5 rings (SSSR count). The predicted octanol–water partition coefficient (Wildman–Crippen LogP) is 8.57. The molecule has 3 atom stereocenters. The third-order valence-corrected chi connectivity index (χ3v) is 8.86. The monoisotopic (exact) mass is 466 g/mol. The Labute approximate surface area is 213 Å². The fourth-order valence-corrected chi connectivity index (χ4v) is 6.83. The smallest absolute Gasteiger partial charge is 0.163 e. The van der Waals surface area contributed by atoms with Crippen LogP contribution in [0.3, 0.4) is 0 Å². The van der Waals surface area contributed by atoms with Crippen LogP contribution in [0.15, 0.2) is 47.6 Å². The molecule has 0 spiro atoms. The number of allylic oxidation sites excluding steroid dienone is 5. The Morgan fingerprint density at radius 2 is 1.51 bits per heavy atom. The van der Waals surface area contributed by atoms with Gasteiger partial charge < -0.3 is 0 Å². The van der Waals surface area contributed by atoms with Gasteiger partial charge in [0.05, 0.1) is 0 Å². The molecule has 1 saturated carbocycles. The lowest BCUT2D eigenvalue weighted by Gasteiger charge is -2.32. The second-order valence-electron chi connectivity index (χ2n) is 11.4. The van der Waals surface area contributed by atoms with Gasteiger partial charge in [-0.1, -0.05) is 112 Å². The summed E-state index contributed by atoms with van der Waals surface area (Å²) in [6.45, 7) is 0. The second kappa shape index (κ2) is 12.1. The third kappa shape index (κ3) is 6.46. The molecule has 4 aliphatic carbocycles. The van der Waals surface area contributed by atoms with Crippen molar-refractivity contribution >= 4 is 11.9 Å². The van der Waals surface area contributed by atoms with Crippen LogP contribution < -0.4 is 0 Å². The summed E-state index contributed by atoms with van der Waals surface area (Å²) in [5, 5.41) is 0. The summed E-state index contributed by atoms with van der Waals surface area (Å²) < 4.78 is 0. The summed E-state index contributed by atoms with van der Waals surface area (Å²) in [6.07, 6.45) is 28.7. The summed E-state index contributed by atoms with van der Waals surface area (Å²) in [7, 11) is 0. The quantitative estimate of drug-likeness (QED) is 0.350. The second-order valence-corrected chi connectivity index (χ2v) is 11.4. The molecule has 35 heavy (non-hydrogen) atoms. The van der Waals surface area contributed by atoms with Crippen LogP contribution in [0.4, 0.5) is 0 Å². The number of Topliss-reactive ketones (excluding diaryl/α,β-unsaturated/α-hetero) is 1. The van der Waals surface area contributed by atoms with E-state index in [1.54, 1.807) is 5.56 Å². The third-order valence-electron chi connectivity index (χ3n) is 8.86. The minimum absolute atomic E-state index is 0.254. The molecular formula is C34H42O. The lowest BCUT2D eigenvalue weighted by Crippen LogP contribution is -2.22. The minimum atomic E-state index is 0.254. The van der Waals surface area contributed by atoms with E-state index in [0.29, 0.717) is 18.8 Å². The average molecular weight is 467 g/mol. The zero-order valence-electron chi connectivity index (χ0n) is 21.5. The fraction of sp³-hybridized carbons (Fsp3) is 0.559. The fourth-order valence-electron chi connectivity index (χ4n) is 6.83. The van der Waals surface area contributed by atoms with Crippen molar-refractivity contribution in [2.24, 2.45) is 17.8 Å². The first-order chi connectivity index (χ1) is 17.3. The van der Waals surface area contributed by atoms with Gasteiger partial charge in [-0.05, 0) is 59.8 Å². The van der Waals surface area contributed by atoms with Crippen LogP contribution >= 0.6 is 0 Å². The Balaban J connectivity index is 1.30. The highest BCUT2D eigenvalue weighted by Crippen LogP contribution is 2.38. The number of hydrogen-bond acceptors (Lipinski definition) is 1. The first-order valence-corrected chi connectivity index (χ1v) is 14.5. The molecule has 0 heterocycles. The molecule has 4 aliphatic rings. The molecule has 0 saturated heterocycles. The van der Waals surface area contributed by atoms with E-state index in [4.69, 9.17) is 0 Å². The van der Waals surface area contributed by atoms with E-state index in [1.165, 1.54) is 100 Å². The molecule has 1 nitrogen and oxygen atoms in total. The largest absolute Gasteiger partial charge is 0.294 e. The maximum absolute atomic E-state index is 12.6. The summed E-state index contributed by atoms with van der Waals surface area (Å²) in [5.74, 6) is 9.20. The Kier molecular flexibility index (Phi) is 8.41. The first-order valence-electron chi connectivity index (χ1n) is 14.5. The molecule has 0 radical (unpaired) electrons. The molecule has 0 aromatic heterocycles. The van der Waals surface area contributed by atoms with Gasteiger partial charge in [-0.3, -0.25) is 4.79 Å². The van der Waals surface area contributed by atoms with Crippen molar-refractivity contribution in [3.8, 4) is 11.8 Å². The van der Waals surface area contributed by atoms with Gasteiger partial charge in [0.2, 0.25) is 0 Å². The molecule has 4 bridgehead atoms. The number of hydrogen-bond donors (Lipinski definition) is 0. The van der Waals surface area contributed by atoms with Gasteiger partial charge in [-0.15, -0.1) is 0 Å². The predicted molar refractivity (Wildman–Crippen MR) is 147 cm³/mol. The number of carbonyl (C=O) groups excluding carboxylic acids is 1. The van der Waals surface area contributed by atoms with Gasteiger partial charge in [-0.25, -0.2) is 0 Å². The molecule has 184 valence electrons. The van der Waals surface area contributed by atoms with Crippen molar-refractivity contribution < 1.29 is 4.79 Å². The van der Waals surface area contributed by atoms with Gasteiger partial charge in [0.15, 0.2) is 5.78 Å². The van der Waals surface area contributed by atoms with Crippen LogP contribution in [0.5, 0.6) is 0 Å². The SMILES string of the molecule is O=C1CCC#CC2=Cc3c(cccc3CC3CCCCC3CCCCCCCCC3C=CC1=C3)C2. The van der Waals surface area contributed by atoms with Crippen molar-refractivity contribution in [1.82, 2.24) is 0 Å². The van der Waals surface area contributed by atoms with E-state index in [0.717, 1.165) is 23.8 Å². The van der Waals surface area contributed by atoms with E-state index < -0.39 is 0 Å². The minimum Gasteiger partial charge on any atom is -0.294 e. The summed E-state index contributed by atoms with van der Waals surface area (Å²) in [5.41, 5.74) is 6.56. The van der Waals surface area contributed by atoms with Gasteiger partial charge in [0.25, 0.3) is 0 Å².